The number of ether oxygens (including phenoxy) is 4. The second kappa shape index (κ2) is 17.8. The summed E-state index contributed by atoms with van der Waals surface area (Å²) in [7, 11) is 0. The van der Waals surface area contributed by atoms with E-state index in [1.165, 1.54) is 0 Å². The molecule has 0 radical (unpaired) electrons. The first-order valence-electron chi connectivity index (χ1n) is 16.6. The molecular weight excluding hydrogens is 562 g/mol. The van der Waals surface area contributed by atoms with Gasteiger partial charge in [0.05, 0.1) is 36.6 Å². The Balaban J connectivity index is 1.33. The number of unbranched alkanes of at least 4 members (excludes halogenated alkanes) is 1. The number of phenols is 2. The van der Waals surface area contributed by atoms with Gasteiger partial charge in [0.15, 0.2) is 12.6 Å². The molecule has 0 saturated carbocycles. The number of rotatable bonds is 17. The number of nitroso groups, excluding NO2 is 1. The van der Waals surface area contributed by atoms with Gasteiger partial charge >= 0.3 is 0 Å². The normalized spacial score (nSPS) is 27.1. The van der Waals surface area contributed by atoms with Crippen LogP contribution in [0.4, 0.5) is 0 Å². The third-order valence-corrected chi connectivity index (χ3v) is 8.76. The molecule has 2 fully saturated rings. The van der Waals surface area contributed by atoms with Gasteiger partial charge in [0.25, 0.3) is 0 Å². The van der Waals surface area contributed by atoms with Gasteiger partial charge in [-0.25, -0.2) is 0 Å². The van der Waals surface area contributed by atoms with Crippen molar-refractivity contribution >= 4 is 0 Å². The second-order valence-electron chi connectivity index (χ2n) is 12.4. The SMILES string of the molecule is CCCCC1CC(CC(CCCC2CC(CCCC(O)CC)OC(c3cccc(O)c3)O2)N=O)OC(c2cccc(O)c2)O1. The molecule has 44 heavy (non-hydrogen) atoms. The van der Waals surface area contributed by atoms with E-state index in [0.29, 0.717) is 19.3 Å². The van der Waals surface area contributed by atoms with Crippen molar-refractivity contribution < 1.29 is 34.3 Å². The topological polar surface area (TPSA) is 127 Å². The van der Waals surface area contributed by atoms with Crippen LogP contribution in [0.5, 0.6) is 11.5 Å². The smallest absolute Gasteiger partial charge is 0.184 e. The van der Waals surface area contributed by atoms with Crippen molar-refractivity contribution in [3.63, 3.8) is 0 Å². The number of nitrogens with zero attached hydrogens (tertiary/aromatic N) is 1. The first-order chi connectivity index (χ1) is 21.4. The molecule has 9 heteroatoms. The Hall–Kier alpha value is -2.56. The summed E-state index contributed by atoms with van der Waals surface area (Å²) in [5.74, 6) is 0.328. The summed E-state index contributed by atoms with van der Waals surface area (Å²) in [5, 5.41) is 33.5. The van der Waals surface area contributed by atoms with Gasteiger partial charge < -0.3 is 34.3 Å². The van der Waals surface area contributed by atoms with E-state index in [0.717, 1.165) is 75.3 Å². The molecule has 2 aromatic rings. The molecule has 4 rings (SSSR count). The molecular formula is C35H51NO8. The molecule has 0 aromatic heterocycles. The zero-order valence-corrected chi connectivity index (χ0v) is 26.3. The molecule has 244 valence electrons. The minimum absolute atomic E-state index is 0.0183. The molecule has 9 nitrogen and oxygen atoms in total. The minimum atomic E-state index is -0.588. The Bertz CT molecular complexity index is 1130. The second-order valence-corrected chi connectivity index (χ2v) is 12.4. The van der Waals surface area contributed by atoms with E-state index in [1.54, 1.807) is 36.4 Å². The fraction of sp³-hybridized carbons (Fsp3) is 0.657. The summed E-state index contributed by atoms with van der Waals surface area (Å²) < 4.78 is 25.2. The van der Waals surface area contributed by atoms with Crippen LogP contribution in [0.15, 0.2) is 53.7 Å². The summed E-state index contributed by atoms with van der Waals surface area (Å²) in [4.78, 5) is 12.0. The summed E-state index contributed by atoms with van der Waals surface area (Å²) in [6.45, 7) is 4.14. The fourth-order valence-electron chi connectivity index (χ4n) is 6.25. The molecule has 2 aliphatic rings. The zero-order chi connectivity index (χ0) is 31.3. The maximum absolute atomic E-state index is 12.0. The fourth-order valence-corrected chi connectivity index (χ4v) is 6.25. The lowest BCUT2D eigenvalue weighted by atomic mass is 9.94. The number of aromatic hydroxyl groups is 2. The highest BCUT2D eigenvalue weighted by atomic mass is 16.7. The maximum atomic E-state index is 12.0. The Morgan fingerprint density at radius 2 is 1.25 bits per heavy atom. The molecule has 2 saturated heterocycles. The van der Waals surface area contributed by atoms with Crippen LogP contribution in [0.1, 0.15) is 121 Å². The first-order valence-corrected chi connectivity index (χ1v) is 16.6. The number of hydrogen-bond acceptors (Lipinski definition) is 9. The predicted molar refractivity (Wildman–Crippen MR) is 168 cm³/mol. The molecule has 2 aromatic carbocycles. The average Bonchev–Trinajstić information content (AvgIpc) is 3.03. The average molecular weight is 614 g/mol. The van der Waals surface area contributed by atoms with Crippen LogP contribution in [-0.2, 0) is 18.9 Å². The molecule has 8 atom stereocenters. The van der Waals surface area contributed by atoms with Crippen LogP contribution >= 0.6 is 0 Å². The van der Waals surface area contributed by atoms with E-state index in [9.17, 15) is 20.2 Å². The van der Waals surface area contributed by atoms with E-state index in [4.69, 9.17) is 18.9 Å². The maximum Gasteiger partial charge on any atom is 0.184 e. The van der Waals surface area contributed by atoms with Gasteiger partial charge in [0.2, 0.25) is 0 Å². The molecule has 0 bridgehead atoms. The van der Waals surface area contributed by atoms with Gasteiger partial charge in [0, 0.05) is 24.0 Å². The molecule has 3 N–H and O–H groups in total. The molecule has 2 aliphatic heterocycles. The Morgan fingerprint density at radius 3 is 1.75 bits per heavy atom. The van der Waals surface area contributed by atoms with Crippen LogP contribution in [-0.4, -0.2) is 51.9 Å². The third kappa shape index (κ3) is 10.8. The lowest BCUT2D eigenvalue weighted by molar-refractivity contribution is -0.251. The molecule has 0 aliphatic carbocycles. The monoisotopic (exact) mass is 613 g/mol. The summed E-state index contributed by atoms with van der Waals surface area (Å²) in [6.07, 6.45) is 8.67. The number of aliphatic hydroxyl groups excluding tert-OH is 1. The Labute approximate surface area is 261 Å². The predicted octanol–water partition coefficient (Wildman–Crippen LogP) is 7.97. The van der Waals surface area contributed by atoms with Crippen LogP contribution in [0.3, 0.4) is 0 Å². The highest BCUT2D eigenvalue weighted by molar-refractivity contribution is 5.29. The lowest BCUT2D eigenvalue weighted by Crippen LogP contribution is -2.36. The molecule has 0 spiro atoms. The van der Waals surface area contributed by atoms with Crippen molar-refractivity contribution in [2.24, 2.45) is 5.18 Å². The minimum Gasteiger partial charge on any atom is -0.508 e. The van der Waals surface area contributed by atoms with Gasteiger partial charge in [-0.15, -0.1) is 0 Å². The van der Waals surface area contributed by atoms with Crippen molar-refractivity contribution in [1.82, 2.24) is 0 Å². The standard InChI is InChI=1S/C35H51NO8/c1-3-5-16-30-23-33(44-35(41-30)25-11-7-15-29(39)20-25)21-26(36-40)12-8-17-31-22-32(18-9-13-27(37)4-2)43-34(42-31)24-10-6-14-28(38)19-24/h6-7,10-11,14-15,19-20,26-27,30-35,37-39H,3-5,8-9,12-13,16-18,21-23H2,1-2H3. The van der Waals surface area contributed by atoms with E-state index >= 15 is 0 Å². The van der Waals surface area contributed by atoms with Crippen molar-refractivity contribution in [2.45, 2.75) is 146 Å². The first kappa shape index (κ1) is 34.3. The van der Waals surface area contributed by atoms with Crippen molar-refractivity contribution in [3.05, 3.63) is 64.6 Å². The molecule has 8 unspecified atom stereocenters. The van der Waals surface area contributed by atoms with E-state index in [-0.39, 0.29) is 48.1 Å². The van der Waals surface area contributed by atoms with Crippen molar-refractivity contribution in [3.8, 4) is 11.5 Å². The van der Waals surface area contributed by atoms with Crippen LogP contribution in [0.2, 0.25) is 0 Å². The lowest BCUT2D eigenvalue weighted by Gasteiger charge is -2.37. The summed E-state index contributed by atoms with van der Waals surface area (Å²) in [5.41, 5.74) is 1.54. The van der Waals surface area contributed by atoms with E-state index < -0.39 is 12.6 Å². The highest BCUT2D eigenvalue weighted by Crippen LogP contribution is 2.37. The van der Waals surface area contributed by atoms with Crippen molar-refractivity contribution in [2.75, 3.05) is 0 Å². The van der Waals surface area contributed by atoms with E-state index in [2.05, 4.69) is 12.1 Å². The highest BCUT2D eigenvalue weighted by Gasteiger charge is 2.34. The molecule has 0 amide bonds. The van der Waals surface area contributed by atoms with Gasteiger partial charge in [0.1, 0.15) is 11.5 Å². The summed E-state index contributed by atoms with van der Waals surface area (Å²) >= 11 is 0. The largest absolute Gasteiger partial charge is 0.508 e. The number of hydrogen-bond donors (Lipinski definition) is 3. The quantitative estimate of drug-likeness (QED) is 0.153. The van der Waals surface area contributed by atoms with Crippen LogP contribution < -0.4 is 0 Å². The summed E-state index contributed by atoms with van der Waals surface area (Å²) in [6, 6.07) is 13.5. The van der Waals surface area contributed by atoms with Gasteiger partial charge in [-0.1, -0.05) is 56.1 Å². The zero-order valence-electron chi connectivity index (χ0n) is 26.3. The van der Waals surface area contributed by atoms with E-state index in [1.807, 2.05) is 19.1 Å². The third-order valence-electron chi connectivity index (χ3n) is 8.76. The van der Waals surface area contributed by atoms with Crippen LogP contribution in [0, 0.1) is 4.91 Å². The van der Waals surface area contributed by atoms with Gasteiger partial charge in [-0.3, -0.25) is 0 Å². The van der Waals surface area contributed by atoms with Crippen molar-refractivity contribution in [1.29, 1.82) is 0 Å². The Morgan fingerprint density at radius 1 is 0.750 bits per heavy atom. The number of phenolic OH excluding ortho intramolecular Hbond substituents is 2. The molecule has 2 heterocycles. The Kier molecular flexibility index (Phi) is 13.9. The number of benzene rings is 2. The number of aliphatic hydroxyl groups is 1. The van der Waals surface area contributed by atoms with Gasteiger partial charge in [-0.2, -0.15) is 4.91 Å². The van der Waals surface area contributed by atoms with Crippen LogP contribution in [0.25, 0.3) is 0 Å². The van der Waals surface area contributed by atoms with Gasteiger partial charge in [-0.05, 0) is 82.1 Å².